The van der Waals surface area contributed by atoms with Crippen molar-refractivity contribution in [1.29, 1.82) is 0 Å². The van der Waals surface area contributed by atoms with Crippen LogP contribution in [0.25, 0.3) is 0 Å². The molecular weight excluding hydrogens is 222 g/mol. The van der Waals surface area contributed by atoms with Crippen molar-refractivity contribution in [2.45, 2.75) is 51.2 Å². The average molecular weight is 247 g/mol. The fraction of sp³-hybridized carbons (Fsp3) is 0.625. The minimum Gasteiger partial charge on any atom is -0.378 e. The van der Waals surface area contributed by atoms with Crippen LogP contribution in [-0.2, 0) is 4.74 Å². The summed E-state index contributed by atoms with van der Waals surface area (Å²) in [6.07, 6.45) is 4.78. The summed E-state index contributed by atoms with van der Waals surface area (Å²) in [7, 11) is 3.90. The highest BCUT2D eigenvalue weighted by molar-refractivity contribution is 5.31. The molecule has 1 aromatic carbocycles. The van der Waals surface area contributed by atoms with Crippen molar-refractivity contribution in [1.82, 2.24) is 5.32 Å². The summed E-state index contributed by atoms with van der Waals surface area (Å²) in [5.41, 5.74) is 4.18. The van der Waals surface area contributed by atoms with Gasteiger partial charge >= 0.3 is 0 Å². The first-order chi connectivity index (χ1) is 8.58. The molecule has 0 spiro atoms. The Hall–Kier alpha value is -0.860. The third kappa shape index (κ3) is 2.76. The van der Waals surface area contributed by atoms with Gasteiger partial charge in [0.2, 0.25) is 0 Å². The highest BCUT2D eigenvalue weighted by Gasteiger charge is 2.39. The fourth-order valence-corrected chi connectivity index (χ4v) is 3.03. The van der Waals surface area contributed by atoms with Crippen LogP contribution in [0.3, 0.4) is 0 Å². The van der Waals surface area contributed by atoms with Gasteiger partial charge in [0.25, 0.3) is 0 Å². The van der Waals surface area contributed by atoms with Gasteiger partial charge in [-0.05, 0) is 52.1 Å². The minimum atomic E-state index is 0.116. The molecule has 2 heteroatoms. The molecule has 1 saturated carbocycles. The van der Waals surface area contributed by atoms with Gasteiger partial charge in [-0.2, -0.15) is 0 Å². The van der Waals surface area contributed by atoms with E-state index in [1.807, 2.05) is 14.2 Å². The summed E-state index contributed by atoms with van der Waals surface area (Å²) in [4.78, 5) is 0. The Kier molecular flexibility index (Phi) is 4.08. The molecule has 1 atom stereocenters. The number of nitrogens with one attached hydrogen (secondary N) is 1. The van der Waals surface area contributed by atoms with Crippen LogP contribution in [0.4, 0.5) is 0 Å². The van der Waals surface area contributed by atoms with Gasteiger partial charge in [0, 0.05) is 13.2 Å². The Morgan fingerprint density at radius 3 is 2.22 bits per heavy atom. The topological polar surface area (TPSA) is 21.3 Å². The summed E-state index contributed by atoms with van der Waals surface area (Å²) in [6, 6.07) is 7.20. The molecule has 0 bridgehead atoms. The second-order valence-corrected chi connectivity index (χ2v) is 5.71. The third-order valence-corrected chi connectivity index (χ3v) is 4.27. The Morgan fingerprint density at radius 2 is 1.83 bits per heavy atom. The Labute approximate surface area is 111 Å². The minimum absolute atomic E-state index is 0.116. The molecule has 0 aliphatic heterocycles. The molecule has 0 saturated heterocycles. The van der Waals surface area contributed by atoms with E-state index in [0.717, 1.165) is 6.42 Å². The van der Waals surface area contributed by atoms with E-state index in [1.54, 1.807) is 0 Å². The number of hydrogen-bond donors (Lipinski definition) is 1. The SMILES string of the molecule is CNC(CC1(OC)CCC1)c1cc(C)cc(C)c1. The van der Waals surface area contributed by atoms with E-state index in [-0.39, 0.29) is 5.60 Å². The van der Waals surface area contributed by atoms with E-state index in [2.05, 4.69) is 37.4 Å². The quantitative estimate of drug-likeness (QED) is 0.859. The van der Waals surface area contributed by atoms with E-state index < -0.39 is 0 Å². The van der Waals surface area contributed by atoms with E-state index in [9.17, 15) is 0 Å². The lowest BCUT2D eigenvalue weighted by Crippen LogP contribution is -2.42. The van der Waals surface area contributed by atoms with Crippen LogP contribution in [0.1, 0.15) is 48.4 Å². The number of benzene rings is 1. The first kappa shape index (κ1) is 13.6. The van der Waals surface area contributed by atoms with Gasteiger partial charge in [-0.25, -0.2) is 0 Å². The highest BCUT2D eigenvalue weighted by Crippen LogP contribution is 2.41. The molecule has 100 valence electrons. The van der Waals surface area contributed by atoms with E-state index >= 15 is 0 Å². The Bertz CT molecular complexity index is 384. The van der Waals surface area contributed by atoms with Gasteiger partial charge in [-0.3, -0.25) is 0 Å². The maximum atomic E-state index is 5.75. The molecule has 1 aliphatic carbocycles. The van der Waals surface area contributed by atoms with Crippen molar-refractivity contribution in [3.05, 3.63) is 34.9 Å². The molecular formula is C16H25NO. The zero-order chi connectivity index (χ0) is 13.2. The average Bonchev–Trinajstić information content (AvgIpc) is 2.27. The molecule has 0 amide bonds. The molecule has 1 unspecified atom stereocenters. The van der Waals surface area contributed by atoms with Crippen molar-refractivity contribution < 1.29 is 4.74 Å². The molecule has 0 aromatic heterocycles. The lowest BCUT2D eigenvalue weighted by atomic mass is 9.74. The monoisotopic (exact) mass is 247 g/mol. The Balaban J connectivity index is 2.17. The maximum Gasteiger partial charge on any atom is 0.0697 e. The molecule has 2 rings (SSSR count). The van der Waals surface area contributed by atoms with Gasteiger partial charge in [0.05, 0.1) is 5.60 Å². The summed E-state index contributed by atoms with van der Waals surface area (Å²) >= 11 is 0. The van der Waals surface area contributed by atoms with Crippen LogP contribution in [0, 0.1) is 13.8 Å². The molecule has 2 nitrogen and oxygen atoms in total. The molecule has 18 heavy (non-hydrogen) atoms. The van der Waals surface area contributed by atoms with Crippen LogP contribution in [0.2, 0.25) is 0 Å². The first-order valence-electron chi connectivity index (χ1n) is 6.89. The second kappa shape index (κ2) is 5.41. The van der Waals surface area contributed by atoms with Crippen LogP contribution < -0.4 is 5.32 Å². The van der Waals surface area contributed by atoms with Gasteiger partial charge in [0.15, 0.2) is 0 Å². The van der Waals surface area contributed by atoms with Crippen LogP contribution in [0.5, 0.6) is 0 Å². The predicted octanol–water partition coefficient (Wildman–Crippen LogP) is 3.52. The first-order valence-corrected chi connectivity index (χ1v) is 6.89. The number of hydrogen-bond acceptors (Lipinski definition) is 2. The van der Waals surface area contributed by atoms with Crippen molar-refractivity contribution in [3.63, 3.8) is 0 Å². The third-order valence-electron chi connectivity index (χ3n) is 4.27. The van der Waals surface area contributed by atoms with Crippen molar-refractivity contribution in [2.75, 3.05) is 14.2 Å². The summed E-state index contributed by atoms with van der Waals surface area (Å²) < 4.78 is 5.75. The Morgan fingerprint density at radius 1 is 1.22 bits per heavy atom. The standard InChI is InChI=1S/C16H25NO/c1-12-8-13(2)10-14(9-12)15(17-3)11-16(18-4)6-5-7-16/h8-10,15,17H,5-7,11H2,1-4H3. The van der Waals surface area contributed by atoms with Crippen molar-refractivity contribution in [3.8, 4) is 0 Å². The largest absolute Gasteiger partial charge is 0.378 e. The summed E-state index contributed by atoms with van der Waals surface area (Å²) in [6.45, 7) is 4.33. The van der Waals surface area contributed by atoms with Gasteiger partial charge < -0.3 is 10.1 Å². The van der Waals surface area contributed by atoms with Crippen LogP contribution in [0.15, 0.2) is 18.2 Å². The van der Waals surface area contributed by atoms with Gasteiger partial charge in [-0.1, -0.05) is 29.3 Å². The fourth-order valence-electron chi connectivity index (χ4n) is 3.03. The molecule has 1 N–H and O–H groups in total. The smallest absolute Gasteiger partial charge is 0.0697 e. The lowest BCUT2D eigenvalue weighted by Gasteiger charge is -2.43. The van der Waals surface area contributed by atoms with E-state index in [1.165, 1.54) is 36.0 Å². The van der Waals surface area contributed by atoms with Crippen LogP contribution in [-0.4, -0.2) is 19.8 Å². The second-order valence-electron chi connectivity index (χ2n) is 5.71. The van der Waals surface area contributed by atoms with Crippen LogP contribution >= 0.6 is 0 Å². The number of aryl methyl sites for hydroxylation is 2. The summed E-state index contributed by atoms with van der Waals surface area (Å²) in [5.74, 6) is 0. The zero-order valence-corrected chi connectivity index (χ0v) is 12.0. The van der Waals surface area contributed by atoms with Gasteiger partial charge in [0.1, 0.15) is 0 Å². The summed E-state index contributed by atoms with van der Waals surface area (Å²) in [5, 5.41) is 3.45. The number of methoxy groups -OCH3 is 1. The van der Waals surface area contributed by atoms with E-state index in [0.29, 0.717) is 6.04 Å². The molecule has 1 aliphatic rings. The van der Waals surface area contributed by atoms with Crippen molar-refractivity contribution >= 4 is 0 Å². The molecule has 1 fully saturated rings. The predicted molar refractivity (Wildman–Crippen MR) is 75.9 cm³/mol. The molecule has 1 aromatic rings. The normalized spacial score (nSPS) is 19.3. The molecule has 0 heterocycles. The lowest BCUT2D eigenvalue weighted by molar-refractivity contribution is -0.0834. The maximum absolute atomic E-state index is 5.75. The zero-order valence-electron chi connectivity index (χ0n) is 12.0. The number of rotatable bonds is 5. The highest BCUT2D eigenvalue weighted by atomic mass is 16.5. The van der Waals surface area contributed by atoms with E-state index in [4.69, 9.17) is 4.74 Å². The number of ether oxygens (including phenoxy) is 1. The molecule has 0 radical (unpaired) electrons. The van der Waals surface area contributed by atoms with Gasteiger partial charge in [-0.15, -0.1) is 0 Å². The van der Waals surface area contributed by atoms with Crippen molar-refractivity contribution in [2.24, 2.45) is 0 Å².